The zero-order chi connectivity index (χ0) is 27.1. The summed E-state index contributed by atoms with van der Waals surface area (Å²) in [6.45, 7) is 14.2. The van der Waals surface area contributed by atoms with E-state index in [1.165, 1.54) is 11.1 Å². The van der Waals surface area contributed by atoms with Gasteiger partial charge in [-0.1, -0.05) is 72.7 Å². The number of rotatable bonds is 9. The Bertz CT molecular complexity index is 784. The third kappa shape index (κ3) is 12.0. The third-order valence-corrected chi connectivity index (χ3v) is 5.95. The fraction of sp³-hybridized carbons (Fsp3) is 0.517. The molecule has 0 heterocycles. The second-order valence-corrected chi connectivity index (χ2v) is 9.19. The van der Waals surface area contributed by atoms with E-state index in [1.807, 2.05) is 45.0 Å². The standard InChI is InChI=1S/2C10H12O2.C9H20O2/c2*1-7(2)8-3-5-9(6-4-8)10(11)12;1-4-7(8(10)5-2)9(11)6-3/h2*3-7H,1-2H3,(H,11,12);7-11H,4-6H2,1-3H3. The Labute approximate surface area is 210 Å². The maximum Gasteiger partial charge on any atom is 0.335 e. The fourth-order valence-electron chi connectivity index (χ4n) is 3.43. The predicted octanol–water partition coefficient (Wildman–Crippen LogP) is 6.57. The molecule has 2 aromatic carbocycles. The highest BCUT2D eigenvalue weighted by Crippen LogP contribution is 2.18. The smallest absolute Gasteiger partial charge is 0.335 e. The first-order valence-electron chi connectivity index (χ1n) is 12.4. The largest absolute Gasteiger partial charge is 0.478 e. The van der Waals surface area contributed by atoms with Crippen LogP contribution in [0.25, 0.3) is 0 Å². The van der Waals surface area contributed by atoms with Crippen LogP contribution in [0, 0.1) is 5.92 Å². The molecule has 0 saturated heterocycles. The minimum Gasteiger partial charge on any atom is -0.478 e. The normalized spacial score (nSPS) is 13.1. The van der Waals surface area contributed by atoms with Gasteiger partial charge < -0.3 is 20.4 Å². The van der Waals surface area contributed by atoms with Gasteiger partial charge in [-0.15, -0.1) is 0 Å². The van der Waals surface area contributed by atoms with Crippen LogP contribution in [0.15, 0.2) is 48.5 Å². The molecule has 2 aromatic rings. The van der Waals surface area contributed by atoms with Crippen LogP contribution < -0.4 is 0 Å². The number of benzene rings is 2. The van der Waals surface area contributed by atoms with Crippen LogP contribution in [0.5, 0.6) is 0 Å². The molecule has 4 N–H and O–H groups in total. The van der Waals surface area contributed by atoms with Crippen molar-refractivity contribution in [2.24, 2.45) is 5.92 Å². The lowest BCUT2D eigenvalue weighted by Gasteiger charge is -2.24. The van der Waals surface area contributed by atoms with Gasteiger partial charge >= 0.3 is 11.9 Å². The first kappa shape index (κ1) is 32.3. The van der Waals surface area contributed by atoms with E-state index in [9.17, 15) is 19.8 Å². The summed E-state index contributed by atoms with van der Waals surface area (Å²) in [5, 5.41) is 36.1. The molecule has 35 heavy (non-hydrogen) atoms. The highest BCUT2D eigenvalue weighted by molar-refractivity contribution is 5.88. The van der Waals surface area contributed by atoms with Gasteiger partial charge in [-0.25, -0.2) is 9.59 Å². The fourth-order valence-corrected chi connectivity index (χ4v) is 3.43. The van der Waals surface area contributed by atoms with E-state index < -0.39 is 11.9 Å². The lowest BCUT2D eigenvalue weighted by Crippen LogP contribution is -2.30. The Morgan fingerprint density at radius 1 is 0.600 bits per heavy atom. The van der Waals surface area contributed by atoms with Crippen LogP contribution >= 0.6 is 0 Å². The summed E-state index contributed by atoms with van der Waals surface area (Å²) in [6.07, 6.45) is 1.64. The first-order valence-corrected chi connectivity index (χ1v) is 12.4. The number of carboxylic acid groups (broad SMARTS) is 2. The van der Waals surface area contributed by atoms with Crippen molar-refractivity contribution in [1.82, 2.24) is 0 Å². The molecular weight excluding hydrogens is 444 g/mol. The molecule has 2 rings (SSSR count). The van der Waals surface area contributed by atoms with Gasteiger partial charge in [-0.05, 0) is 66.5 Å². The molecule has 0 fully saturated rings. The summed E-state index contributed by atoms with van der Waals surface area (Å²) in [5.74, 6) is -0.777. The van der Waals surface area contributed by atoms with Gasteiger partial charge in [0.05, 0.1) is 23.3 Å². The summed E-state index contributed by atoms with van der Waals surface area (Å²) in [7, 11) is 0. The van der Waals surface area contributed by atoms with Crippen molar-refractivity contribution in [2.75, 3.05) is 0 Å². The zero-order valence-electron chi connectivity index (χ0n) is 22.2. The van der Waals surface area contributed by atoms with Gasteiger partial charge in [0.2, 0.25) is 0 Å². The molecule has 6 heteroatoms. The van der Waals surface area contributed by atoms with Gasteiger partial charge in [-0.2, -0.15) is 0 Å². The summed E-state index contributed by atoms with van der Waals surface area (Å²) >= 11 is 0. The number of carboxylic acids is 2. The Balaban J connectivity index is 0.000000496. The van der Waals surface area contributed by atoms with Crippen molar-refractivity contribution in [3.05, 3.63) is 70.8 Å². The average molecular weight is 489 g/mol. The Hall–Kier alpha value is -2.70. The summed E-state index contributed by atoms with van der Waals surface area (Å²) in [4.78, 5) is 21.0. The van der Waals surface area contributed by atoms with E-state index in [1.54, 1.807) is 24.3 Å². The molecular formula is C29H44O6. The number of hydrogen-bond acceptors (Lipinski definition) is 4. The molecule has 0 radical (unpaired) electrons. The van der Waals surface area contributed by atoms with E-state index in [0.29, 0.717) is 23.0 Å². The SMILES string of the molecule is CC(C)c1ccc(C(=O)O)cc1.CC(C)c1ccc(C(=O)O)cc1.CCC(O)C(CC)C(O)CC. The van der Waals surface area contributed by atoms with Crippen LogP contribution in [0.2, 0.25) is 0 Å². The summed E-state index contributed by atoms with van der Waals surface area (Å²) in [5.41, 5.74) is 3.03. The number of aromatic carboxylic acids is 2. The van der Waals surface area contributed by atoms with E-state index in [4.69, 9.17) is 10.2 Å². The van der Waals surface area contributed by atoms with Gasteiger partial charge in [0, 0.05) is 5.92 Å². The number of carbonyl (C=O) groups is 2. The maximum absolute atomic E-state index is 10.5. The minimum absolute atomic E-state index is 0.0602. The first-order chi connectivity index (χ1) is 16.4. The molecule has 0 aromatic heterocycles. The third-order valence-electron chi connectivity index (χ3n) is 5.95. The van der Waals surface area contributed by atoms with Gasteiger partial charge in [0.25, 0.3) is 0 Å². The number of hydrogen-bond donors (Lipinski definition) is 4. The minimum atomic E-state index is -0.870. The molecule has 0 aliphatic carbocycles. The molecule has 0 spiro atoms. The van der Waals surface area contributed by atoms with E-state index in [-0.39, 0.29) is 18.1 Å². The summed E-state index contributed by atoms with van der Waals surface area (Å²) in [6, 6.07) is 14.0. The monoisotopic (exact) mass is 488 g/mol. The lowest BCUT2D eigenvalue weighted by molar-refractivity contribution is 0.00713. The lowest BCUT2D eigenvalue weighted by atomic mass is 9.90. The van der Waals surface area contributed by atoms with Gasteiger partial charge in [-0.3, -0.25) is 0 Å². The molecule has 0 bridgehead atoms. The Morgan fingerprint density at radius 3 is 1.06 bits per heavy atom. The van der Waals surface area contributed by atoms with Gasteiger partial charge in [0.1, 0.15) is 0 Å². The van der Waals surface area contributed by atoms with Crippen LogP contribution in [-0.2, 0) is 0 Å². The molecule has 6 nitrogen and oxygen atoms in total. The van der Waals surface area contributed by atoms with E-state index >= 15 is 0 Å². The van der Waals surface area contributed by atoms with Crippen molar-refractivity contribution >= 4 is 11.9 Å². The molecule has 196 valence electrons. The van der Waals surface area contributed by atoms with Crippen molar-refractivity contribution in [3.8, 4) is 0 Å². The second kappa shape index (κ2) is 16.8. The Morgan fingerprint density at radius 2 is 0.886 bits per heavy atom. The summed E-state index contributed by atoms with van der Waals surface area (Å²) < 4.78 is 0. The topological polar surface area (TPSA) is 115 Å². The number of aliphatic hydroxyl groups excluding tert-OH is 2. The Kier molecular flexibility index (Phi) is 15.5. The van der Waals surface area contributed by atoms with Crippen LogP contribution in [-0.4, -0.2) is 44.6 Å². The second-order valence-electron chi connectivity index (χ2n) is 9.19. The highest BCUT2D eigenvalue weighted by Gasteiger charge is 2.22. The number of aliphatic hydroxyl groups is 2. The van der Waals surface area contributed by atoms with E-state index in [2.05, 4.69) is 27.7 Å². The van der Waals surface area contributed by atoms with Crippen LogP contribution in [0.3, 0.4) is 0 Å². The van der Waals surface area contributed by atoms with E-state index in [0.717, 1.165) is 19.3 Å². The van der Waals surface area contributed by atoms with Gasteiger partial charge in [0.15, 0.2) is 0 Å². The predicted molar refractivity (Wildman–Crippen MR) is 141 cm³/mol. The van der Waals surface area contributed by atoms with Crippen LogP contribution in [0.4, 0.5) is 0 Å². The average Bonchev–Trinajstić information content (AvgIpc) is 2.84. The zero-order valence-corrected chi connectivity index (χ0v) is 22.2. The molecule has 0 aliphatic heterocycles. The van der Waals surface area contributed by atoms with Crippen LogP contribution in [0.1, 0.15) is 111 Å². The quantitative estimate of drug-likeness (QED) is 0.317. The van der Waals surface area contributed by atoms with Crippen molar-refractivity contribution in [1.29, 1.82) is 0 Å². The molecule has 0 aliphatic rings. The van der Waals surface area contributed by atoms with Crippen molar-refractivity contribution in [2.45, 2.75) is 91.8 Å². The molecule has 2 atom stereocenters. The maximum atomic E-state index is 10.5. The van der Waals surface area contributed by atoms with Crippen molar-refractivity contribution in [3.63, 3.8) is 0 Å². The van der Waals surface area contributed by atoms with Crippen molar-refractivity contribution < 1.29 is 30.0 Å². The highest BCUT2D eigenvalue weighted by atomic mass is 16.4. The molecule has 0 saturated carbocycles. The molecule has 2 unspecified atom stereocenters. The molecule has 0 amide bonds.